The van der Waals surface area contributed by atoms with Crippen molar-refractivity contribution in [2.24, 2.45) is 0 Å². The fourth-order valence-electron chi connectivity index (χ4n) is 3.64. The van der Waals surface area contributed by atoms with Crippen molar-refractivity contribution in [1.82, 2.24) is 14.8 Å². The van der Waals surface area contributed by atoms with Crippen LogP contribution in [0.1, 0.15) is 38.1 Å². The van der Waals surface area contributed by atoms with Crippen LogP contribution in [0, 0.1) is 10.1 Å². The molecule has 1 fully saturated rings. The third-order valence-corrected chi connectivity index (χ3v) is 5.96. The summed E-state index contributed by atoms with van der Waals surface area (Å²) in [5.41, 5.74) is 0.320. The van der Waals surface area contributed by atoms with E-state index in [0.29, 0.717) is 22.4 Å². The maximum Gasteiger partial charge on any atom is 0.271 e. The van der Waals surface area contributed by atoms with Crippen LogP contribution in [0.2, 0.25) is 0 Å². The number of carbonyl (C=O) groups is 1. The Morgan fingerprint density at radius 3 is 2.80 bits per heavy atom. The van der Waals surface area contributed by atoms with Gasteiger partial charge >= 0.3 is 0 Å². The maximum atomic E-state index is 12.4. The van der Waals surface area contributed by atoms with E-state index < -0.39 is 4.92 Å². The molecule has 1 saturated carbocycles. The summed E-state index contributed by atoms with van der Waals surface area (Å²) in [5, 5.41) is 22.9. The molecule has 2 aromatic heterocycles. The van der Waals surface area contributed by atoms with Gasteiger partial charge < -0.3 is 9.73 Å². The van der Waals surface area contributed by atoms with Crippen molar-refractivity contribution in [3.05, 3.63) is 52.8 Å². The summed E-state index contributed by atoms with van der Waals surface area (Å²) in [7, 11) is 0. The number of benzene rings is 1. The van der Waals surface area contributed by atoms with E-state index in [1.54, 1.807) is 12.3 Å². The minimum Gasteiger partial charge on any atom is -0.461 e. The molecule has 3 aromatic rings. The molecule has 9 nitrogen and oxygen atoms in total. The molecule has 0 unspecified atom stereocenters. The highest BCUT2D eigenvalue weighted by atomic mass is 32.2. The fourth-order valence-corrected chi connectivity index (χ4v) is 4.45. The van der Waals surface area contributed by atoms with E-state index in [1.807, 2.05) is 12.1 Å². The van der Waals surface area contributed by atoms with Crippen molar-refractivity contribution < 1.29 is 14.1 Å². The zero-order valence-electron chi connectivity index (χ0n) is 16.2. The molecule has 1 N–H and O–H groups in total. The molecule has 1 aliphatic rings. The van der Waals surface area contributed by atoms with Crippen LogP contribution in [0.3, 0.4) is 0 Å². The predicted molar refractivity (Wildman–Crippen MR) is 112 cm³/mol. The summed E-state index contributed by atoms with van der Waals surface area (Å²) in [5.74, 6) is 1.18. The topological polar surface area (TPSA) is 116 Å². The second kappa shape index (κ2) is 9.12. The van der Waals surface area contributed by atoms with Gasteiger partial charge in [0.2, 0.25) is 11.7 Å². The highest BCUT2D eigenvalue weighted by Gasteiger charge is 2.25. The Balaban J connectivity index is 1.48. The minimum absolute atomic E-state index is 0.0689. The number of nitrogens with one attached hydrogen (secondary N) is 1. The summed E-state index contributed by atoms with van der Waals surface area (Å²) >= 11 is 1.30. The van der Waals surface area contributed by atoms with Crippen LogP contribution in [0.25, 0.3) is 11.6 Å². The van der Waals surface area contributed by atoms with Crippen LogP contribution in [0.15, 0.2) is 52.2 Å². The van der Waals surface area contributed by atoms with Gasteiger partial charge in [0.15, 0.2) is 10.9 Å². The number of hydrogen-bond acceptors (Lipinski definition) is 7. The number of amides is 1. The number of carbonyl (C=O) groups excluding carboxylic acids is 1. The largest absolute Gasteiger partial charge is 0.461 e. The third kappa shape index (κ3) is 4.54. The van der Waals surface area contributed by atoms with Crippen LogP contribution in [-0.2, 0) is 4.79 Å². The Morgan fingerprint density at radius 1 is 1.23 bits per heavy atom. The number of hydrogen-bond donors (Lipinski definition) is 1. The quantitative estimate of drug-likeness (QED) is 0.330. The molecule has 0 atom stereocenters. The number of nitro groups is 1. The van der Waals surface area contributed by atoms with Crippen LogP contribution >= 0.6 is 11.8 Å². The molecule has 0 saturated heterocycles. The molecule has 0 bridgehead atoms. The number of thioether (sulfide) groups is 1. The van der Waals surface area contributed by atoms with E-state index in [1.165, 1.54) is 36.4 Å². The molecule has 2 heterocycles. The van der Waals surface area contributed by atoms with Crippen LogP contribution < -0.4 is 5.32 Å². The van der Waals surface area contributed by atoms with E-state index in [2.05, 4.69) is 20.1 Å². The van der Waals surface area contributed by atoms with Crippen molar-refractivity contribution >= 4 is 29.0 Å². The van der Waals surface area contributed by atoms with Gasteiger partial charge in [-0.2, -0.15) is 0 Å². The van der Waals surface area contributed by atoms with E-state index in [4.69, 9.17) is 4.42 Å². The zero-order valence-corrected chi connectivity index (χ0v) is 17.0. The zero-order chi connectivity index (χ0) is 20.9. The van der Waals surface area contributed by atoms with Crippen molar-refractivity contribution in [2.75, 3.05) is 11.1 Å². The first-order valence-corrected chi connectivity index (χ1v) is 10.8. The van der Waals surface area contributed by atoms with Gasteiger partial charge in [0.1, 0.15) is 0 Å². The van der Waals surface area contributed by atoms with E-state index >= 15 is 0 Å². The van der Waals surface area contributed by atoms with Gasteiger partial charge in [0, 0.05) is 23.9 Å². The Hall–Kier alpha value is -3.14. The normalized spacial score (nSPS) is 14.5. The van der Waals surface area contributed by atoms with Gasteiger partial charge in [-0.25, -0.2) is 0 Å². The second-order valence-corrected chi connectivity index (χ2v) is 8.03. The smallest absolute Gasteiger partial charge is 0.271 e. The van der Waals surface area contributed by atoms with Crippen LogP contribution in [-0.4, -0.2) is 31.3 Å². The summed E-state index contributed by atoms with van der Waals surface area (Å²) in [4.78, 5) is 22.8. The Bertz CT molecular complexity index is 1030. The third-order valence-electron chi connectivity index (χ3n) is 5.02. The van der Waals surface area contributed by atoms with Gasteiger partial charge in [-0.15, -0.1) is 10.2 Å². The highest BCUT2D eigenvalue weighted by Crippen LogP contribution is 2.35. The number of anilines is 1. The molecule has 1 amide bonds. The van der Waals surface area contributed by atoms with Gasteiger partial charge in [0.25, 0.3) is 5.69 Å². The minimum atomic E-state index is -0.493. The molecule has 30 heavy (non-hydrogen) atoms. The second-order valence-electron chi connectivity index (χ2n) is 7.09. The van der Waals surface area contributed by atoms with Crippen LogP contribution in [0.5, 0.6) is 0 Å². The Labute approximate surface area is 177 Å². The molecule has 156 valence electrons. The molecule has 0 radical (unpaired) electrons. The number of nitrogens with zero attached hydrogens (tertiary/aromatic N) is 4. The number of nitro benzene ring substituents is 1. The van der Waals surface area contributed by atoms with Crippen molar-refractivity contribution in [2.45, 2.75) is 43.3 Å². The number of furan rings is 1. The van der Waals surface area contributed by atoms with Crippen molar-refractivity contribution in [1.29, 1.82) is 0 Å². The monoisotopic (exact) mass is 427 g/mol. The van der Waals surface area contributed by atoms with Gasteiger partial charge in [-0.1, -0.05) is 37.1 Å². The molecule has 10 heteroatoms. The lowest BCUT2D eigenvalue weighted by Gasteiger charge is -2.25. The van der Waals surface area contributed by atoms with Gasteiger partial charge in [-0.05, 0) is 31.0 Å². The first-order chi connectivity index (χ1) is 14.6. The predicted octanol–water partition coefficient (Wildman–Crippen LogP) is 4.68. The molecule has 1 aliphatic carbocycles. The van der Waals surface area contributed by atoms with Crippen LogP contribution in [0.4, 0.5) is 11.4 Å². The Kier molecular flexibility index (Phi) is 6.12. The number of rotatable bonds is 7. The first kappa shape index (κ1) is 20.1. The molecular weight excluding hydrogens is 406 g/mol. The summed E-state index contributed by atoms with van der Waals surface area (Å²) in [6, 6.07) is 9.82. The molecule has 1 aromatic carbocycles. The van der Waals surface area contributed by atoms with Crippen molar-refractivity contribution in [3.63, 3.8) is 0 Å². The molecule has 0 spiro atoms. The summed E-state index contributed by atoms with van der Waals surface area (Å²) in [6.07, 6.45) is 7.21. The molecule has 4 rings (SSSR count). The molecular formula is C20H21N5O4S. The summed E-state index contributed by atoms with van der Waals surface area (Å²) in [6.45, 7) is 0. The number of non-ortho nitro benzene ring substituents is 1. The Morgan fingerprint density at radius 2 is 2.07 bits per heavy atom. The number of aromatic nitrogens is 3. The van der Waals surface area contributed by atoms with Crippen molar-refractivity contribution in [3.8, 4) is 11.6 Å². The summed E-state index contributed by atoms with van der Waals surface area (Å²) < 4.78 is 7.62. The lowest BCUT2D eigenvalue weighted by molar-refractivity contribution is -0.384. The molecule has 0 aliphatic heterocycles. The average Bonchev–Trinajstić information content (AvgIpc) is 3.43. The fraction of sp³-hybridized carbons (Fsp3) is 0.350. The SMILES string of the molecule is O=C(CSc1nnc(-c2ccco2)n1C1CCCCC1)Nc1cccc([N+](=O)[O-])c1. The standard InChI is InChI=1S/C20H21N5O4S/c26-18(21-14-6-4-9-16(12-14)25(27)28)13-30-20-23-22-19(17-10-5-11-29-17)24(20)15-7-2-1-3-8-15/h4-6,9-12,15H,1-3,7-8,13H2,(H,21,26). The lowest BCUT2D eigenvalue weighted by Crippen LogP contribution is -2.17. The van der Waals surface area contributed by atoms with Gasteiger partial charge in [-0.3, -0.25) is 19.5 Å². The first-order valence-electron chi connectivity index (χ1n) is 9.77. The van der Waals surface area contributed by atoms with E-state index in [-0.39, 0.29) is 23.4 Å². The van der Waals surface area contributed by atoms with E-state index in [9.17, 15) is 14.9 Å². The highest BCUT2D eigenvalue weighted by molar-refractivity contribution is 7.99. The average molecular weight is 427 g/mol. The van der Waals surface area contributed by atoms with Gasteiger partial charge in [0.05, 0.1) is 16.9 Å². The lowest BCUT2D eigenvalue weighted by atomic mass is 9.95. The van der Waals surface area contributed by atoms with E-state index in [0.717, 1.165) is 25.7 Å². The maximum absolute atomic E-state index is 12.4.